The van der Waals surface area contributed by atoms with Gasteiger partial charge in [-0.25, -0.2) is 0 Å². The topological polar surface area (TPSA) is 40.2 Å². The number of rotatable bonds is 2. The van der Waals surface area contributed by atoms with Crippen molar-refractivity contribution in [1.29, 1.82) is 0 Å². The van der Waals surface area contributed by atoms with Crippen molar-refractivity contribution >= 4 is 9.05 Å². The molecule has 14 heavy (non-hydrogen) atoms. The van der Waals surface area contributed by atoms with Crippen LogP contribution in [0.4, 0.5) is 0 Å². The second-order valence-corrected chi connectivity index (χ2v) is 5.47. The molecule has 3 fully saturated rings. The zero-order valence-corrected chi connectivity index (χ0v) is 9.53. The van der Waals surface area contributed by atoms with Crippen LogP contribution in [0.15, 0.2) is 0 Å². The fraction of sp³-hybridized carbons (Fsp3) is 1.00. The summed E-state index contributed by atoms with van der Waals surface area (Å²) in [6.45, 7) is 7.31. The van der Waals surface area contributed by atoms with Crippen LogP contribution in [0.2, 0.25) is 0 Å². The first kappa shape index (κ1) is 10.5. The standard InChI is InChI=1S/C8H17NO4Si/c1-2-10-14-11-6-3-9(4-7-12-14)5-8-13-14/h2-8H2,1H3. The van der Waals surface area contributed by atoms with Gasteiger partial charge in [-0.3, -0.25) is 4.90 Å². The van der Waals surface area contributed by atoms with Crippen LogP contribution in [0.1, 0.15) is 6.92 Å². The van der Waals surface area contributed by atoms with Crippen molar-refractivity contribution in [2.24, 2.45) is 0 Å². The summed E-state index contributed by atoms with van der Waals surface area (Å²) in [6, 6.07) is 0. The Kier molecular flexibility index (Phi) is 3.53. The third-order valence-electron chi connectivity index (χ3n) is 2.38. The van der Waals surface area contributed by atoms with Crippen LogP contribution in [0, 0.1) is 0 Å². The van der Waals surface area contributed by atoms with Gasteiger partial charge in [0.05, 0.1) is 19.8 Å². The van der Waals surface area contributed by atoms with Crippen LogP contribution in [-0.4, -0.2) is 60.0 Å². The Balaban J connectivity index is 2.04. The predicted octanol–water partition coefficient (Wildman–Crippen LogP) is -0.162. The van der Waals surface area contributed by atoms with Gasteiger partial charge in [0, 0.05) is 26.2 Å². The largest absolute Gasteiger partial charge is 0.679 e. The van der Waals surface area contributed by atoms with Crippen LogP contribution in [-0.2, 0) is 17.7 Å². The van der Waals surface area contributed by atoms with Crippen molar-refractivity contribution < 1.29 is 17.7 Å². The highest BCUT2D eigenvalue weighted by atomic mass is 28.4. The average molecular weight is 219 g/mol. The van der Waals surface area contributed by atoms with E-state index < -0.39 is 9.05 Å². The van der Waals surface area contributed by atoms with Gasteiger partial charge in [0.2, 0.25) is 0 Å². The molecule has 6 heteroatoms. The Morgan fingerprint density at radius 3 is 2.00 bits per heavy atom. The summed E-state index contributed by atoms with van der Waals surface area (Å²) in [4.78, 5) is 2.28. The SMILES string of the molecule is CCO[Si]12OCCN(CCO1)CCO2. The lowest BCUT2D eigenvalue weighted by Gasteiger charge is -2.36. The van der Waals surface area contributed by atoms with Crippen LogP contribution in [0.5, 0.6) is 0 Å². The minimum Gasteiger partial charge on any atom is -0.351 e. The highest BCUT2D eigenvalue weighted by Gasteiger charge is 2.47. The number of fused-ring (bicyclic) bond motifs is 6. The molecule has 0 radical (unpaired) electrons. The molecule has 0 aromatic rings. The molecule has 0 N–H and O–H groups in total. The fourth-order valence-corrected chi connectivity index (χ4v) is 3.54. The number of hydrogen-bond acceptors (Lipinski definition) is 5. The molecule has 82 valence electrons. The van der Waals surface area contributed by atoms with Gasteiger partial charge in [-0.15, -0.1) is 0 Å². The Hall–Kier alpha value is 0.0169. The first-order chi connectivity index (χ1) is 6.85. The summed E-state index contributed by atoms with van der Waals surface area (Å²) in [7, 11) is -2.75. The molecule has 3 saturated heterocycles. The third kappa shape index (κ3) is 2.33. The monoisotopic (exact) mass is 219 g/mol. The molecule has 3 aliphatic rings. The minimum atomic E-state index is -2.75. The Morgan fingerprint density at radius 1 is 1.07 bits per heavy atom. The summed E-state index contributed by atoms with van der Waals surface area (Å²) < 4.78 is 22.4. The maximum absolute atomic E-state index is 5.61. The Labute approximate surface area is 85.4 Å². The molecule has 0 unspecified atom stereocenters. The van der Waals surface area contributed by atoms with Crippen molar-refractivity contribution in [3.8, 4) is 0 Å². The second-order valence-electron chi connectivity index (χ2n) is 3.32. The van der Waals surface area contributed by atoms with Gasteiger partial charge >= 0.3 is 9.05 Å². The first-order valence-corrected chi connectivity index (χ1v) is 6.76. The van der Waals surface area contributed by atoms with Crippen LogP contribution in [0.3, 0.4) is 0 Å². The normalized spacial score (nSPS) is 38.8. The van der Waals surface area contributed by atoms with E-state index in [1.807, 2.05) is 6.92 Å². The molecule has 0 aliphatic carbocycles. The van der Waals surface area contributed by atoms with E-state index in [4.69, 9.17) is 17.7 Å². The summed E-state index contributed by atoms with van der Waals surface area (Å²) >= 11 is 0. The van der Waals surface area contributed by atoms with Crippen LogP contribution in [0.25, 0.3) is 0 Å². The molecule has 3 rings (SSSR count). The fourth-order valence-electron chi connectivity index (χ4n) is 1.66. The lowest BCUT2D eigenvalue weighted by atomic mass is 10.4. The van der Waals surface area contributed by atoms with Gasteiger partial charge in [-0.1, -0.05) is 0 Å². The summed E-state index contributed by atoms with van der Waals surface area (Å²) in [6.07, 6.45) is 0. The van der Waals surface area contributed by atoms with E-state index in [0.29, 0.717) is 26.4 Å². The first-order valence-electron chi connectivity index (χ1n) is 5.13. The zero-order valence-electron chi connectivity index (χ0n) is 8.53. The van der Waals surface area contributed by atoms with E-state index in [2.05, 4.69) is 4.90 Å². The molecule has 0 atom stereocenters. The molecular formula is C8H17NO4Si. The molecule has 3 aliphatic heterocycles. The van der Waals surface area contributed by atoms with E-state index in [-0.39, 0.29) is 0 Å². The maximum Gasteiger partial charge on any atom is 0.679 e. The molecule has 0 aromatic carbocycles. The van der Waals surface area contributed by atoms with Crippen molar-refractivity contribution in [2.75, 3.05) is 46.1 Å². The number of hydrogen-bond donors (Lipinski definition) is 0. The maximum atomic E-state index is 5.61. The van der Waals surface area contributed by atoms with E-state index in [0.717, 1.165) is 19.6 Å². The van der Waals surface area contributed by atoms with Crippen LogP contribution >= 0.6 is 0 Å². The zero-order chi connectivity index (χ0) is 9.86. The van der Waals surface area contributed by atoms with E-state index in [1.165, 1.54) is 0 Å². The van der Waals surface area contributed by atoms with E-state index in [1.54, 1.807) is 0 Å². The molecule has 3 heterocycles. The molecule has 2 bridgehead atoms. The van der Waals surface area contributed by atoms with Crippen molar-refractivity contribution in [2.45, 2.75) is 6.92 Å². The summed E-state index contributed by atoms with van der Waals surface area (Å²) in [5.74, 6) is 0. The Bertz CT molecular complexity index is 166. The molecule has 0 aromatic heterocycles. The molecule has 0 saturated carbocycles. The smallest absolute Gasteiger partial charge is 0.351 e. The van der Waals surface area contributed by atoms with Crippen LogP contribution < -0.4 is 0 Å². The predicted molar refractivity (Wildman–Crippen MR) is 51.7 cm³/mol. The van der Waals surface area contributed by atoms with Gasteiger partial charge in [-0.2, -0.15) is 0 Å². The quantitative estimate of drug-likeness (QED) is 0.603. The minimum absolute atomic E-state index is 0.579. The number of nitrogens with zero attached hydrogens (tertiary/aromatic N) is 1. The van der Waals surface area contributed by atoms with Gasteiger partial charge in [0.15, 0.2) is 0 Å². The second kappa shape index (κ2) is 4.69. The summed E-state index contributed by atoms with van der Waals surface area (Å²) in [5.41, 5.74) is 0. The van der Waals surface area contributed by atoms with Gasteiger partial charge < -0.3 is 17.7 Å². The highest BCUT2D eigenvalue weighted by Crippen LogP contribution is 2.16. The van der Waals surface area contributed by atoms with Crippen molar-refractivity contribution in [3.05, 3.63) is 0 Å². The third-order valence-corrected chi connectivity index (χ3v) is 4.70. The lowest BCUT2D eigenvalue weighted by Crippen LogP contribution is -2.57. The molecular weight excluding hydrogens is 202 g/mol. The van der Waals surface area contributed by atoms with E-state index >= 15 is 0 Å². The van der Waals surface area contributed by atoms with Gasteiger partial charge in [0.25, 0.3) is 0 Å². The Morgan fingerprint density at radius 2 is 1.57 bits per heavy atom. The van der Waals surface area contributed by atoms with Crippen molar-refractivity contribution in [3.63, 3.8) is 0 Å². The van der Waals surface area contributed by atoms with Gasteiger partial charge in [-0.05, 0) is 6.92 Å². The highest BCUT2D eigenvalue weighted by molar-refractivity contribution is 6.53. The van der Waals surface area contributed by atoms with E-state index in [9.17, 15) is 0 Å². The molecule has 5 nitrogen and oxygen atoms in total. The van der Waals surface area contributed by atoms with Crippen molar-refractivity contribution in [1.82, 2.24) is 4.90 Å². The average Bonchev–Trinajstić information content (AvgIpc) is 2.06. The molecule has 0 spiro atoms. The lowest BCUT2D eigenvalue weighted by molar-refractivity contribution is -0.0727. The van der Waals surface area contributed by atoms with Gasteiger partial charge in [0.1, 0.15) is 0 Å². The summed E-state index contributed by atoms with van der Waals surface area (Å²) in [5, 5.41) is 0. The molecule has 0 amide bonds.